The topological polar surface area (TPSA) is 30.5 Å². The SMILES string of the molecule is FC(F)Oc1ccc(C2CNc3cccc(Cl)c3O2)cc1. The molecule has 1 N–H and O–H groups in total. The highest BCUT2D eigenvalue weighted by molar-refractivity contribution is 6.32. The number of benzene rings is 2. The third kappa shape index (κ3) is 3.03. The summed E-state index contributed by atoms with van der Waals surface area (Å²) in [5, 5.41) is 3.77. The second-order valence-electron chi connectivity index (χ2n) is 4.55. The van der Waals surface area contributed by atoms with Crippen LogP contribution in [-0.4, -0.2) is 13.2 Å². The molecule has 0 aliphatic carbocycles. The first-order valence-electron chi connectivity index (χ1n) is 6.37. The van der Waals surface area contributed by atoms with Crippen LogP contribution in [-0.2, 0) is 0 Å². The minimum absolute atomic E-state index is 0.121. The Balaban J connectivity index is 1.78. The average molecular weight is 312 g/mol. The molecule has 1 aliphatic rings. The molecule has 2 aromatic carbocycles. The standard InChI is InChI=1S/C15H12ClF2NO2/c16-11-2-1-3-12-14(11)21-13(8-19-12)9-4-6-10(7-5-9)20-15(17)18/h1-7,13,15,19H,8H2. The van der Waals surface area contributed by atoms with Gasteiger partial charge in [0.1, 0.15) is 11.9 Å². The zero-order chi connectivity index (χ0) is 14.8. The van der Waals surface area contributed by atoms with Crippen LogP contribution in [0.25, 0.3) is 0 Å². The Morgan fingerprint density at radius 2 is 1.95 bits per heavy atom. The molecule has 2 aromatic rings. The maximum absolute atomic E-state index is 12.1. The lowest BCUT2D eigenvalue weighted by Crippen LogP contribution is -2.23. The summed E-state index contributed by atoms with van der Waals surface area (Å²) in [5.74, 6) is 0.722. The largest absolute Gasteiger partial charge is 0.480 e. The molecule has 0 spiro atoms. The summed E-state index contributed by atoms with van der Waals surface area (Å²) in [6.07, 6.45) is -0.238. The van der Waals surface area contributed by atoms with E-state index < -0.39 is 6.61 Å². The minimum atomic E-state index is -2.82. The molecule has 1 unspecified atom stereocenters. The molecule has 0 saturated heterocycles. The molecule has 1 aliphatic heterocycles. The van der Waals surface area contributed by atoms with Crippen molar-refractivity contribution in [3.05, 3.63) is 53.1 Å². The molecule has 0 bridgehead atoms. The van der Waals surface area contributed by atoms with Crippen LogP contribution < -0.4 is 14.8 Å². The van der Waals surface area contributed by atoms with Gasteiger partial charge in [0.25, 0.3) is 0 Å². The molecule has 0 aromatic heterocycles. The molecule has 1 atom stereocenters. The van der Waals surface area contributed by atoms with E-state index in [1.54, 1.807) is 18.2 Å². The van der Waals surface area contributed by atoms with E-state index in [4.69, 9.17) is 16.3 Å². The number of ether oxygens (including phenoxy) is 2. The highest BCUT2D eigenvalue weighted by Crippen LogP contribution is 2.39. The van der Waals surface area contributed by atoms with Gasteiger partial charge < -0.3 is 14.8 Å². The third-order valence-electron chi connectivity index (χ3n) is 3.18. The normalized spacial score (nSPS) is 16.9. The van der Waals surface area contributed by atoms with Gasteiger partial charge in [0.05, 0.1) is 17.3 Å². The van der Waals surface area contributed by atoms with E-state index >= 15 is 0 Å². The van der Waals surface area contributed by atoms with E-state index in [0.29, 0.717) is 17.3 Å². The maximum atomic E-state index is 12.1. The van der Waals surface area contributed by atoms with Crippen LogP contribution >= 0.6 is 11.6 Å². The van der Waals surface area contributed by atoms with Gasteiger partial charge in [-0.3, -0.25) is 0 Å². The van der Waals surface area contributed by atoms with E-state index in [0.717, 1.165) is 11.3 Å². The molecule has 0 radical (unpaired) electrons. The first kappa shape index (κ1) is 13.9. The summed E-state index contributed by atoms with van der Waals surface area (Å²) >= 11 is 6.11. The fourth-order valence-electron chi connectivity index (χ4n) is 2.20. The number of rotatable bonds is 3. The van der Waals surface area contributed by atoms with Crippen LogP contribution in [0.15, 0.2) is 42.5 Å². The Bertz CT molecular complexity index is 634. The monoisotopic (exact) mass is 311 g/mol. The zero-order valence-electron chi connectivity index (χ0n) is 10.9. The van der Waals surface area contributed by atoms with Crippen LogP contribution in [0.1, 0.15) is 11.7 Å². The van der Waals surface area contributed by atoms with Crippen LogP contribution in [0.2, 0.25) is 5.02 Å². The number of nitrogens with one attached hydrogen (secondary N) is 1. The smallest absolute Gasteiger partial charge is 0.387 e. The minimum Gasteiger partial charge on any atom is -0.480 e. The lowest BCUT2D eigenvalue weighted by molar-refractivity contribution is -0.0498. The number of halogens is 3. The highest BCUT2D eigenvalue weighted by Gasteiger charge is 2.22. The van der Waals surface area contributed by atoms with Crippen LogP contribution in [0, 0.1) is 0 Å². The molecule has 0 fully saturated rings. The maximum Gasteiger partial charge on any atom is 0.387 e. The number of para-hydroxylation sites is 1. The molecule has 0 amide bonds. The fourth-order valence-corrected chi connectivity index (χ4v) is 2.42. The van der Waals surface area contributed by atoms with Gasteiger partial charge in [0, 0.05) is 0 Å². The van der Waals surface area contributed by atoms with Crippen molar-refractivity contribution >= 4 is 17.3 Å². The first-order valence-corrected chi connectivity index (χ1v) is 6.75. The van der Waals surface area contributed by atoms with Crippen molar-refractivity contribution in [2.24, 2.45) is 0 Å². The highest BCUT2D eigenvalue weighted by atomic mass is 35.5. The molecular formula is C15H12ClF2NO2. The van der Waals surface area contributed by atoms with E-state index in [-0.39, 0.29) is 11.9 Å². The molecule has 3 rings (SSSR count). The number of alkyl halides is 2. The second kappa shape index (κ2) is 5.77. The van der Waals surface area contributed by atoms with Crippen LogP contribution in [0.3, 0.4) is 0 Å². The first-order chi connectivity index (χ1) is 10.1. The number of hydrogen-bond acceptors (Lipinski definition) is 3. The van der Waals surface area contributed by atoms with Gasteiger partial charge in [-0.25, -0.2) is 0 Å². The van der Waals surface area contributed by atoms with E-state index in [9.17, 15) is 8.78 Å². The summed E-state index contributed by atoms with van der Waals surface area (Å²) in [7, 11) is 0. The Morgan fingerprint density at radius 1 is 1.19 bits per heavy atom. The summed E-state index contributed by atoms with van der Waals surface area (Å²) in [6.45, 7) is -2.25. The summed E-state index contributed by atoms with van der Waals surface area (Å²) in [4.78, 5) is 0. The fraction of sp³-hybridized carbons (Fsp3) is 0.200. The second-order valence-corrected chi connectivity index (χ2v) is 4.96. The number of hydrogen-bond donors (Lipinski definition) is 1. The molecule has 21 heavy (non-hydrogen) atoms. The molecular weight excluding hydrogens is 300 g/mol. The summed E-state index contributed by atoms with van der Waals surface area (Å²) < 4.78 is 34.4. The lowest BCUT2D eigenvalue weighted by Gasteiger charge is -2.28. The lowest BCUT2D eigenvalue weighted by atomic mass is 10.1. The van der Waals surface area contributed by atoms with Gasteiger partial charge in [-0.2, -0.15) is 8.78 Å². The van der Waals surface area contributed by atoms with Gasteiger partial charge in [-0.05, 0) is 29.8 Å². The van der Waals surface area contributed by atoms with Crippen molar-refractivity contribution in [3.8, 4) is 11.5 Å². The van der Waals surface area contributed by atoms with Crippen molar-refractivity contribution in [2.75, 3.05) is 11.9 Å². The molecule has 0 saturated carbocycles. The predicted molar refractivity (Wildman–Crippen MR) is 76.4 cm³/mol. The molecule has 1 heterocycles. The Hall–Kier alpha value is -2.01. The van der Waals surface area contributed by atoms with Crippen molar-refractivity contribution in [2.45, 2.75) is 12.7 Å². The van der Waals surface area contributed by atoms with Crippen molar-refractivity contribution in [3.63, 3.8) is 0 Å². The Labute approximate surface area is 125 Å². The predicted octanol–water partition coefficient (Wildman–Crippen LogP) is 4.49. The average Bonchev–Trinajstić information content (AvgIpc) is 2.48. The van der Waals surface area contributed by atoms with Gasteiger partial charge in [0.2, 0.25) is 0 Å². The van der Waals surface area contributed by atoms with Gasteiger partial charge in [0.15, 0.2) is 5.75 Å². The van der Waals surface area contributed by atoms with Crippen molar-refractivity contribution in [1.82, 2.24) is 0 Å². The van der Waals surface area contributed by atoms with Crippen molar-refractivity contribution < 1.29 is 18.3 Å². The molecule has 6 heteroatoms. The van der Waals surface area contributed by atoms with Gasteiger partial charge in [-0.15, -0.1) is 0 Å². The van der Waals surface area contributed by atoms with Gasteiger partial charge in [-0.1, -0.05) is 29.8 Å². The Kier molecular flexibility index (Phi) is 3.84. The van der Waals surface area contributed by atoms with E-state index in [1.165, 1.54) is 12.1 Å². The molecule has 3 nitrogen and oxygen atoms in total. The van der Waals surface area contributed by atoms with Crippen LogP contribution in [0.5, 0.6) is 11.5 Å². The zero-order valence-corrected chi connectivity index (χ0v) is 11.6. The number of fused-ring (bicyclic) bond motifs is 1. The Morgan fingerprint density at radius 3 is 2.67 bits per heavy atom. The quantitative estimate of drug-likeness (QED) is 0.906. The van der Waals surface area contributed by atoms with E-state index in [2.05, 4.69) is 10.1 Å². The van der Waals surface area contributed by atoms with E-state index in [1.807, 2.05) is 12.1 Å². The third-order valence-corrected chi connectivity index (χ3v) is 3.48. The van der Waals surface area contributed by atoms with Crippen LogP contribution in [0.4, 0.5) is 14.5 Å². The van der Waals surface area contributed by atoms with Gasteiger partial charge >= 0.3 is 6.61 Å². The summed E-state index contributed by atoms with van der Waals surface area (Å²) in [5.41, 5.74) is 1.70. The molecule has 110 valence electrons. The van der Waals surface area contributed by atoms with Crippen molar-refractivity contribution in [1.29, 1.82) is 0 Å². The number of anilines is 1. The summed E-state index contributed by atoms with van der Waals surface area (Å²) in [6, 6.07) is 11.9.